The number of urea groups is 1. The van der Waals surface area contributed by atoms with Gasteiger partial charge < -0.3 is 19.4 Å². The summed E-state index contributed by atoms with van der Waals surface area (Å²) in [5.74, 6) is 0.646. The molecule has 1 aromatic carbocycles. The molecule has 2 rings (SSSR count). The number of piperidine rings is 1. The lowest BCUT2D eigenvalue weighted by Crippen LogP contribution is -2.49. The van der Waals surface area contributed by atoms with Gasteiger partial charge in [0.2, 0.25) is 5.91 Å². The number of benzene rings is 1. The number of rotatable bonds is 8. The van der Waals surface area contributed by atoms with Gasteiger partial charge in [-0.2, -0.15) is 5.26 Å². The third kappa shape index (κ3) is 5.86. The highest BCUT2D eigenvalue weighted by molar-refractivity contribution is 5.95. The van der Waals surface area contributed by atoms with Crippen LogP contribution in [0.4, 0.5) is 10.5 Å². The van der Waals surface area contributed by atoms with Crippen molar-refractivity contribution >= 4 is 17.6 Å². The van der Waals surface area contributed by atoms with E-state index in [9.17, 15) is 9.59 Å². The van der Waals surface area contributed by atoms with Gasteiger partial charge in [-0.05, 0) is 57.9 Å². The van der Waals surface area contributed by atoms with Crippen molar-refractivity contribution in [2.75, 3.05) is 44.2 Å². The van der Waals surface area contributed by atoms with Crippen LogP contribution in [0, 0.1) is 17.2 Å². The summed E-state index contributed by atoms with van der Waals surface area (Å²) in [4.78, 5) is 31.1. The molecule has 0 unspecified atom stereocenters. The second-order valence-corrected chi connectivity index (χ2v) is 7.04. The van der Waals surface area contributed by atoms with E-state index in [1.807, 2.05) is 49.9 Å². The molecule has 0 aliphatic carbocycles. The van der Waals surface area contributed by atoms with Crippen molar-refractivity contribution in [3.8, 4) is 11.8 Å². The summed E-state index contributed by atoms with van der Waals surface area (Å²) in [6.07, 6.45) is 1.57. The molecule has 0 N–H and O–H groups in total. The van der Waals surface area contributed by atoms with Crippen LogP contribution in [0.3, 0.4) is 0 Å². The monoisotopic (exact) mass is 400 g/mol. The molecule has 0 aromatic heterocycles. The number of carbonyl (C=O) groups is 2. The maximum absolute atomic E-state index is 13.2. The van der Waals surface area contributed by atoms with E-state index in [2.05, 4.69) is 6.07 Å². The van der Waals surface area contributed by atoms with Crippen LogP contribution >= 0.6 is 0 Å². The average Bonchev–Trinajstić information content (AvgIpc) is 2.76. The lowest BCUT2D eigenvalue weighted by Gasteiger charge is -2.36. The predicted molar refractivity (Wildman–Crippen MR) is 113 cm³/mol. The lowest BCUT2D eigenvalue weighted by atomic mass is 9.95. The standard InChI is InChI=1S/C22H32N4O3/c1-4-24(5-2)22(28)25-16-12-18(13-17-25)21(27)26(15-7-14-23)19-8-10-20(11-9-19)29-6-3/h8-11,18H,4-7,12-13,15-17H2,1-3H3. The van der Waals surface area contributed by atoms with Crippen molar-refractivity contribution in [3.05, 3.63) is 24.3 Å². The van der Waals surface area contributed by atoms with Crippen LogP contribution < -0.4 is 9.64 Å². The van der Waals surface area contributed by atoms with Crippen LogP contribution in [0.5, 0.6) is 5.75 Å². The van der Waals surface area contributed by atoms with Gasteiger partial charge in [-0.25, -0.2) is 4.79 Å². The van der Waals surface area contributed by atoms with Crippen LogP contribution in [-0.4, -0.2) is 61.1 Å². The number of nitrogens with zero attached hydrogens (tertiary/aromatic N) is 4. The first-order valence-electron chi connectivity index (χ1n) is 10.5. The number of nitriles is 1. The fourth-order valence-corrected chi connectivity index (χ4v) is 3.65. The summed E-state index contributed by atoms with van der Waals surface area (Å²) < 4.78 is 5.47. The van der Waals surface area contributed by atoms with Gasteiger partial charge in [0.25, 0.3) is 0 Å². The minimum Gasteiger partial charge on any atom is -0.494 e. The fraction of sp³-hybridized carbons (Fsp3) is 0.591. The molecule has 0 radical (unpaired) electrons. The van der Waals surface area contributed by atoms with E-state index in [1.54, 1.807) is 9.80 Å². The smallest absolute Gasteiger partial charge is 0.319 e. The van der Waals surface area contributed by atoms with E-state index in [0.717, 1.165) is 11.4 Å². The highest BCUT2D eigenvalue weighted by Crippen LogP contribution is 2.26. The number of hydrogen-bond donors (Lipinski definition) is 0. The molecule has 7 nitrogen and oxygen atoms in total. The summed E-state index contributed by atoms with van der Waals surface area (Å²) in [6, 6.07) is 9.59. The Kier molecular flexibility index (Phi) is 8.78. The second-order valence-electron chi connectivity index (χ2n) is 7.04. The summed E-state index contributed by atoms with van der Waals surface area (Å²) in [5.41, 5.74) is 0.773. The molecule has 1 aliphatic rings. The third-order valence-corrected chi connectivity index (χ3v) is 5.32. The summed E-state index contributed by atoms with van der Waals surface area (Å²) in [6.45, 7) is 9.37. The minimum atomic E-state index is -0.138. The number of ether oxygens (including phenoxy) is 1. The van der Waals surface area contributed by atoms with Crippen LogP contribution in [0.15, 0.2) is 24.3 Å². The van der Waals surface area contributed by atoms with Crippen molar-refractivity contribution in [3.63, 3.8) is 0 Å². The van der Waals surface area contributed by atoms with Crippen LogP contribution in [0.25, 0.3) is 0 Å². The molecule has 0 bridgehead atoms. The average molecular weight is 401 g/mol. The van der Waals surface area contributed by atoms with Crippen LogP contribution in [0.1, 0.15) is 40.0 Å². The molecule has 158 valence electrons. The van der Waals surface area contributed by atoms with Crippen LogP contribution in [-0.2, 0) is 4.79 Å². The van der Waals surface area contributed by atoms with Crippen molar-refractivity contribution in [2.24, 2.45) is 5.92 Å². The second kappa shape index (κ2) is 11.3. The van der Waals surface area contributed by atoms with E-state index in [1.165, 1.54) is 0 Å². The van der Waals surface area contributed by atoms with E-state index < -0.39 is 0 Å². The molecule has 1 fully saturated rings. The molecule has 3 amide bonds. The van der Waals surface area contributed by atoms with Crippen LogP contribution in [0.2, 0.25) is 0 Å². The Morgan fingerprint density at radius 2 is 1.76 bits per heavy atom. The minimum absolute atomic E-state index is 0.0272. The molecular weight excluding hydrogens is 368 g/mol. The van der Waals surface area contributed by atoms with Crippen molar-refractivity contribution < 1.29 is 14.3 Å². The Labute approximate surface area is 173 Å². The lowest BCUT2D eigenvalue weighted by molar-refractivity contribution is -0.123. The normalized spacial score (nSPS) is 14.2. The molecule has 1 aromatic rings. The van der Waals surface area contributed by atoms with Gasteiger partial charge in [0.05, 0.1) is 19.1 Å². The number of hydrogen-bond acceptors (Lipinski definition) is 4. The Bertz CT molecular complexity index is 702. The van der Waals surface area contributed by atoms with Gasteiger partial charge in [-0.1, -0.05) is 0 Å². The third-order valence-electron chi connectivity index (χ3n) is 5.32. The van der Waals surface area contributed by atoms with Gasteiger partial charge >= 0.3 is 6.03 Å². The Morgan fingerprint density at radius 3 is 2.28 bits per heavy atom. The molecule has 0 saturated carbocycles. The summed E-state index contributed by atoms with van der Waals surface area (Å²) >= 11 is 0. The van der Waals surface area contributed by atoms with E-state index in [4.69, 9.17) is 10.00 Å². The summed E-state index contributed by atoms with van der Waals surface area (Å²) in [5, 5.41) is 9.01. The fourth-order valence-electron chi connectivity index (χ4n) is 3.65. The van der Waals surface area contributed by atoms with Crippen molar-refractivity contribution in [1.82, 2.24) is 9.80 Å². The molecule has 0 spiro atoms. The predicted octanol–water partition coefficient (Wildman–Crippen LogP) is 3.51. The van der Waals surface area contributed by atoms with E-state index >= 15 is 0 Å². The van der Waals surface area contributed by atoms with Gasteiger partial charge in [0.15, 0.2) is 0 Å². The largest absolute Gasteiger partial charge is 0.494 e. The van der Waals surface area contributed by atoms with E-state index in [0.29, 0.717) is 52.2 Å². The maximum Gasteiger partial charge on any atom is 0.319 e. The van der Waals surface area contributed by atoms with E-state index in [-0.39, 0.29) is 24.3 Å². The number of amides is 3. The first-order valence-corrected chi connectivity index (χ1v) is 10.5. The topological polar surface area (TPSA) is 76.9 Å². The van der Waals surface area contributed by atoms with Gasteiger partial charge in [0.1, 0.15) is 5.75 Å². The molecule has 0 atom stereocenters. The van der Waals surface area contributed by atoms with Gasteiger partial charge in [-0.15, -0.1) is 0 Å². The van der Waals surface area contributed by atoms with Gasteiger partial charge in [-0.3, -0.25) is 4.79 Å². The quantitative estimate of drug-likeness (QED) is 0.669. The molecule has 29 heavy (non-hydrogen) atoms. The Morgan fingerprint density at radius 1 is 1.14 bits per heavy atom. The molecule has 1 aliphatic heterocycles. The molecule has 1 heterocycles. The van der Waals surface area contributed by atoms with Crippen molar-refractivity contribution in [2.45, 2.75) is 40.0 Å². The number of carbonyl (C=O) groups excluding carboxylic acids is 2. The SMILES string of the molecule is CCOc1ccc(N(CCC#N)C(=O)C2CCN(C(=O)N(CC)CC)CC2)cc1. The number of likely N-dealkylation sites (tertiary alicyclic amines) is 1. The number of anilines is 1. The summed E-state index contributed by atoms with van der Waals surface area (Å²) in [7, 11) is 0. The zero-order valence-electron chi connectivity index (χ0n) is 17.8. The van der Waals surface area contributed by atoms with Gasteiger partial charge in [0, 0.05) is 44.3 Å². The molecule has 7 heteroatoms. The zero-order chi connectivity index (χ0) is 21.2. The highest BCUT2D eigenvalue weighted by atomic mass is 16.5. The first kappa shape index (κ1) is 22.5. The zero-order valence-corrected chi connectivity index (χ0v) is 17.8. The highest BCUT2D eigenvalue weighted by Gasteiger charge is 2.31. The van der Waals surface area contributed by atoms with Crippen molar-refractivity contribution in [1.29, 1.82) is 5.26 Å². The molecule has 1 saturated heterocycles. The maximum atomic E-state index is 13.2. The Balaban J connectivity index is 2.05. The Hall–Kier alpha value is -2.75. The molecular formula is C22H32N4O3. The first-order chi connectivity index (χ1) is 14.0.